The van der Waals surface area contributed by atoms with E-state index < -0.39 is 0 Å². The predicted molar refractivity (Wildman–Crippen MR) is 86.3 cm³/mol. The smallest absolute Gasteiger partial charge is 0.0924 e. The van der Waals surface area contributed by atoms with Gasteiger partial charge in [0.2, 0.25) is 0 Å². The fourth-order valence-electron chi connectivity index (χ4n) is 2.45. The Kier molecular flexibility index (Phi) is 3.12. The summed E-state index contributed by atoms with van der Waals surface area (Å²) in [5, 5.41) is 4.42. The molecule has 0 saturated carbocycles. The average Bonchev–Trinajstić information content (AvgIpc) is 3.04. The van der Waals surface area contributed by atoms with E-state index in [2.05, 4.69) is 27.2 Å². The van der Waals surface area contributed by atoms with Gasteiger partial charge in [-0.05, 0) is 17.7 Å². The lowest BCUT2D eigenvalue weighted by Gasteiger charge is -2.01. The monoisotopic (exact) mass is 286 g/mol. The Balaban J connectivity index is 1.65. The van der Waals surface area contributed by atoms with Crippen molar-refractivity contribution >= 4 is 11.0 Å². The molecule has 4 heteroatoms. The molecule has 0 bridgehead atoms. The van der Waals surface area contributed by atoms with Crippen molar-refractivity contribution < 1.29 is 0 Å². The van der Waals surface area contributed by atoms with Crippen molar-refractivity contribution in [3.05, 3.63) is 78.8 Å². The summed E-state index contributed by atoms with van der Waals surface area (Å²) in [6.07, 6.45) is 5.64. The van der Waals surface area contributed by atoms with E-state index in [4.69, 9.17) is 0 Å². The van der Waals surface area contributed by atoms with Crippen LogP contribution in [0, 0.1) is 0 Å². The van der Waals surface area contributed by atoms with Crippen LogP contribution in [0.3, 0.4) is 0 Å². The largest absolute Gasteiger partial charge is 0.268 e. The molecule has 0 unspecified atom stereocenters. The van der Waals surface area contributed by atoms with Crippen molar-refractivity contribution in [1.82, 2.24) is 19.7 Å². The van der Waals surface area contributed by atoms with Gasteiger partial charge in [0.1, 0.15) is 0 Å². The Labute approximate surface area is 128 Å². The van der Waals surface area contributed by atoms with E-state index in [1.807, 2.05) is 59.5 Å². The highest BCUT2D eigenvalue weighted by Crippen LogP contribution is 2.18. The third-order valence-corrected chi connectivity index (χ3v) is 3.56. The summed E-state index contributed by atoms with van der Waals surface area (Å²) in [6.45, 7) is 0.752. The Morgan fingerprint density at radius 3 is 2.45 bits per heavy atom. The van der Waals surface area contributed by atoms with Crippen LogP contribution in [0.25, 0.3) is 22.3 Å². The first-order valence-electron chi connectivity index (χ1n) is 7.17. The van der Waals surface area contributed by atoms with Crippen LogP contribution in [-0.2, 0) is 6.54 Å². The van der Waals surface area contributed by atoms with Gasteiger partial charge in [0.05, 0.1) is 35.7 Å². The topological polar surface area (TPSA) is 43.6 Å². The second-order valence-corrected chi connectivity index (χ2v) is 5.16. The fourth-order valence-corrected chi connectivity index (χ4v) is 2.45. The van der Waals surface area contributed by atoms with Crippen LogP contribution in [0.5, 0.6) is 0 Å². The molecule has 0 fully saturated rings. The van der Waals surface area contributed by atoms with Gasteiger partial charge in [-0.15, -0.1) is 0 Å². The molecular formula is C18H14N4. The van der Waals surface area contributed by atoms with Gasteiger partial charge in [0, 0.05) is 11.8 Å². The van der Waals surface area contributed by atoms with E-state index in [1.54, 1.807) is 6.20 Å². The fraction of sp³-hybridized carbons (Fsp3) is 0.0556. The molecular weight excluding hydrogens is 272 g/mol. The number of hydrogen-bond acceptors (Lipinski definition) is 3. The molecule has 2 aromatic carbocycles. The molecule has 106 valence electrons. The molecule has 0 radical (unpaired) electrons. The number of para-hydroxylation sites is 2. The predicted octanol–water partition coefficient (Wildman–Crippen LogP) is 3.54. The number of hydrogen-bond donors (Lipinski definition) is 0. The molecule has 0 spiro atoms. The maximum absolute atomic E-state index is 4.65. The van der Waals surface area contributed by atoms with Crippen molar-refractivity contribution in [1.29, 1.82) is 0 Å². The quantitative estimate of drug-likeness (QED) is 0.578. The van der Waals surface area contributed by atoms with Gasteiger partial charge >= 0.3 is 0 Å². The van der Waals surface area contributed by atoms with E-state index in [9.17, 15) is 0 Å². The average molecular weight is 286 g/mol. The molecule has 0 saturated heterocycles. The van der Waals surface area contributed by atoms with Crippen LogP contribution in [0.4, 0.5) is 0 Å². The van der Waals surface area contributed by atoms with Gasteiger partial charge < -0.3 is 0 Å². The number of benzene rings is 2. The third-order valence-electron chi connectivity index (χ3n) is 3.56. The Hall–Kier alpha value is -3.01. The molecule has 22 heavy (non-hydrogen) atoms. The van der Waals surface area contributed by atoms with Crippen LogP contribution in [-0.4, -0.2) is 19.7 Å². The summed E-state index contributed by atoms with van der Waals surface area (Å²) in [7, 11) is 0. The SMILES string of the molecule is c1ccc(Cn2cc(-c3cnc4ccccc4n3)cn2)cc1. The highest BCUT2D eigenvalue weighted by Gasteiger charge is 2.05. The van der Waals surface area contributed by atoms with E-state index in [-0.39, 0.29) is 0 Å². The Bertz CT molecular complexity index is 912. The van der Waals surface area contributed by atoms with E-state index in [1.165, 1.54) is 5.56 Å². The molecule has 0 amide bonds. The molecule has 4 aromatic rings. The number of aromatic nitrogens is 4. The highest BCUT2D eigenvalue weighted by atomic mass is 15.3. The minimum absolute atomic E-state index is 0.752. The molecule has 0 atom stereocenters. The lowest BCUT2D eigenvalue weighted by molar-refractivity contribution is 0.687. The Morgan fingerprint density at radius 1 is 0.818 bits per heavy atom. The van der Waals surface area contributed by atoms with E-state index >= 15 is 0 Å². The second kappa shape index (κ2) is 5.41. The standard InChI is InChI=1S/C18H14N4/c1-2-6-14(7-3-1)12-22-13-15(10-20-22)18-11-19-16-8-4-5-9-17(16)21-18/h1-11,13H,12H2. The van der Waals surface area contributed by atoms with Crippen LogP contribution in [0.1, 0.15) is 5.56 Å². The van der Waals surface area contributed by atoms with E-state index in [0.717, 1.165) is 28.8 Å². The molecule has 0 aliphatic carbocycles. The van der Waals surface area contributed by atoms with Gasteiger partial charge in [0.25, 0.3) is 0 Å². The summed E-state index contributed by atoms with van der Waals surface area (Å²) >= 11 is 0. The summed E-state index contributed by atoms with van der Waals surface area (Å²) in [6, 6.07) is 18.2. The molecule has 0 aliphatic heterocycles. The lowest BCUT2D eigenvalue weighted by Crippen LogP contribution is -1.99. The van der Waals surface area contributed by atoms with Gasteiger partial charge in [-0.1, -0.05) is 42.5 Å². The zero-order valence-electron chi connectivity index (χ0n) is 11.9. The first kappa shape index (κ1) is 12.7. The zero-order chi connectivity index (χ0) is 14.8. The lowest BCUT2D eigenvalue weighted by atomic mass is 10.2. The van der Waals surface area contributed by atoms with Crippen molar-refractivity contribution in [3.63, 3.8) is 0 Å². The molecule has 4 rings (SSSR count). The summed E-state index contributed by atoms with van der Waals surface area (Å²) in [5.74, 6) is 0. The van der Waals surface area contributed by atoms with E-state index in [0.29, 0.717) is 0 Å². The van der Waals surface area contributed by atoms with Crippen molar-refractivity contribution in [2.45, 2.75) is 6.54 Å². The van der Waals surface area contributed by atoms with Gasteiger partial charge in [0.15, 0.2) is 0 Å². The third kappa shape index (κ3) is 2.46. The van der Waals surface area contributed by atoms with Gasteiger partial charge in [-0.3, -0.25) is 9.67 Å². The summed E-state index contributed by atoms with van der Waals surface area (Å²) < 4.78 is 1.92. The highest BCUT2D eigenvalue weighted by molar-refractivity contribution is 5.76. The summed E-state index contributed by atoms with van der Waals surface area (Å²) in [4.78, 5) is 9.10. The van der Waals surface area contributed by atoms with Crippen LogP contribution in [0.15, 0.2) is 73.2 Å². The first-order chi connectivity index (χ1) is 10.9. The Morgan fingerprint density at radius 2 is 1.59 bits per heavy atom. The normalized spacial score (nSPS) is 10.9. The van der Waals surface area contributed by atoms with Crippen LogP contribution >= 0.6 is 0 Å². The van der Waals surface area contributed by atoms with Crippen molar-refractivity contribution in [3.8, 4) is 11.3 Å². The molecule has 0 aliphatic rings. The van der Waals surface area contributed by atoms with Crippen molar-refractivity contribution in [2.75, 3.05) is 0 Å². The van der Waals surface area contributed by atoms with Gasteiger partial charge in [-0.25, -0.2) is 4.98 Å². The van der Waals surface area contributed by atoms with Crippen LogP contribution < -0.4 is 0 Å². The molecule has 2 aromatic heterocycles. The summed E-state index contributed by atoms with van der Waals surface area (Å²) in [5.41, 5.74) is 4.85. The maximum Gasteiger partial charge on any atom is 0.0924 e. The van der Waals surface area contributed by atoms with Crippen LogP contribution in [0.2, 0.25) is 0 Å². The van der Waals surface area contributed by atoms with Gasteiger partial charge in [-0.2, -0.15) is 5.10 Å². The van der Waals surface area contributed by atoms with Crippen molar-refractivity contribution in [2.24, 2.45) is 0 Å². The zero-order valence-corrected chi connectivity index (χ0v) is 11.9. The number of fused-ring (bicyclic) bond motifs is 1. The second-order valence-electron chi connectivity index (χ2n) is 5.16. The molecule has 0 N–H and O–H groups in total. The maximum atomic E-state index is 4.65. The number of rotatable bonds is 3. The molecule has 4 nitrogen and oxygen atoms in total. The molecule has 2 heterocycles. The minimum atomic E-state index is 0.752. The minimum Gasteiger partial charge on any atom is -0.268 e. The first-order valence-corrected chi connectivity index (χ1v) is 7.17. The number of nitrogens with zero attached hydrogens (tertiary/aromatic N) is 4.